The first kappa shape index (κ1) is 10.5. The van der Waals surface area contributed by atoms with Crippen molar-refractivity contribution in [2.24, 2.45) is 0 Å². The van der Waals surface area contributed by atoms with Gasteiger partial charge < -0.3 is 4.74 Å². The van der Waals surface area contributed by atoms with Crippen molar-refractivity contribution in [1.29, 1.82) is 0 Å². The summed E-state index contributed by atoms with van der Waals surface area (Å²) in [6, 6.07) is 7.53. The molecule has 0 spiro atoms. The summed E-state index contributed by atoms with van der Waals surface area (Å²) in [5.74, 6) is 0.799. The summed E-state index contributed by atoms with van der Waals surface area (Å²) in [6.45, 7) is 3.73. The second-order valence-corrected chi connectivity index (χ2v) is 3.68. The fourth-order valence-corrected chi connectivity index (χ4v) is 1.59. The van der Waals surface area contributed by atoms with Gasteiger partial charge in [-0.05, 0) is 38.1 Å². The van der Waals surface area contributed by atoms with Gasteiger partial charge in [-0.25, -0.2) is 0 Å². The molecule has 16 heavy (non-hydrogen) atoms. The van der Waals surface area contributed by atoms with E-state index in [4.69, 9.17) is 4.74 Å². The molecule has 1 heterocycles. The standard InChI is InChI=1S/C12H14N2O2/c1-8-9(2)14(13-12(8)15)10-4-6-11(16-3)7-5-10/h4-7H,1-3H3,(H,13,15). The molecule has 0 saturated heterocycles. The van der Waals surface area contributed by atoms with E-state index in [9.17, 15) is 4.79 Å². The molecule has 1 aromatic carbocycles. The van der Waals surface area contributed by atoms with Crippen molar-refractivity contribution in [2.75, 3.05) is 7.11 Å². The number of benzene rings is 1. The predicted molar refractivity (Wildman–Crippen MR) is 62.4 cm³/mol. The number of hydrogen-bond acceptors (Lipinski definition) is 2. The second kappa shape index (κ2) is 3.89. The number of hydrogen-bond donors (Lipinski definition) is 1. The van der Waals surface area contributed by atoms with Gasteiger partial charge >= 0.3 is 0 Å². The summed E-state index contributed by atoms with van der Waals surface area (Å²) in [7, 11) is 1.63. The third-order valence-electron chi connectivity index (χ3n) is 2.76. The third-order valence-corrected chi connectivity index (χ3v) is 2.76. The van der Waals surface area contributed by atoms with Crippen LogP contribution in [-0.4, -0.2) is 16.9 Å². The van der Waals surface area contributed by atoms with Gasteiger partial charge in [0.1, 0.15) is 5.75 Å². The zero-order valence-electron chi connectivity index (χ0n) is 9.57. The van der Waals surface area contributed by atoms with Crippen LogP contribution in [0.25, 0.3) is 5.69 Å². The van der Waals surface area contributed by atoms with Crippen LogP contribution in [0.5, 0.6) is 5.75 Å². The van der Waals surface area contributed by atoms with Crippen LogP contribution in [0.4, 0.5) is 0 Å². The van der Waals surface area contributed by atoms with Crippen molar-refractivity contribution in [1.82, 2.24) is 9.78 Å². The summed E-state index contributed by atoms with van der Waals surface area (Å²) in [5, 5.41) is 2.79. The lowest BCUT2D eigenvalue weighted by molar-refractivity contribution is 0.414. The fourth-order valence-electron chi connectivity index (χ4n) is 1.59. The average molecular weight is 218 g/mol. The largest absolute Gasteiger partial charge is 0.497 e. The Morgan fingerprint density at radius 1 is 1.19 bits per heavy atom. The summed E-state index contributed by atoms with van der Waals surface area (Å²) >= 11 is 0. The minimum atomic E-state index is -0.0479. The van der Waals surface area contributed by atoms with Crippen LogP contribution in [0.15, 0.2) is 29.1 Å². The first-order valence-corrected chi connectivity index (χ1v) is 5.06. The van der Waals surface area contributed by atoms with Gasteiger partial charge in [-0.2, -0.15) is 0 Å². The first-order valence-electron chi connectivity index (χ1n) is 5.06. The number of rotatable bonds is 2. The van der Waals surface area contributed by atoms with E-state index in [0.717, 1.165) is 22.7 Å². The van der Waals surface area contributed by atoms with Crippen molar-refractivity contribution < 1.29 is 4.74 Å². The Balaban J connectivity index is 2.50. The van der Waals surface area contributed by atoms with Gasteiger partial charge in [0, 0.05) is 11.3 Å². The Morgan fingerprint density at radius 2 is 1.81 bits per heavy atom. The number of nitrogens with one attached hydrogen (secondary N) is 1. The highest BCUT2D eigenvalue weighted by atomic mass is 16.5. The molecule has 0 unspecified atom stereocenters. The SMILES string of the molecule is COc1ccc(-n2[nH]c(=O)c(C)c2C)cc1. The number of aromatic amines is 1. The summed E-state index contributed by atoms with van der Waals surface area (Å²) in [5.41, 5.74) is 2.54. The number of nitrogens with zero attached hydrogens (tertiary/aromatic N) is 1. The van der Waals surface area contributed by atoms with Gasteiger partial charge in [0.15, 0.2) is 0 Å². The Hall–Kier alpha value is -1.97. The first-order chi connectivity index (χ1) is 7.63. The van der Waals surface area contributed by atoms with Crippen LogP contribution in [-0.2, 0) is 0 Å². The van der Waals surface area contributed by atoms with Crippen LogP contribution in [0.2, 0.25) is 0 Å². The van der Waals surface area contributed by atoms with Gasteiger partial charge in [-0.3, -0.25) is 14.6 Å². The lowest BCUT2D eigenvalue weighted by Gasteiger charge is -2.06. The lowest BCUT2D eigenvalue weighted by atomic mass is 10.2. The zero-order chi connectivity index (χ0) is 11.7. The Labute approximate surface area is 93.5 Å². The summed E-state index contributed by atoms with van der Waals surface area (Å²) in [6.07, 6.45) is 0. The van der Waals surface area contributed by atoms with Gasteiger partial charge in [0.2, 0.25) is 0 Å². The van der Waals surface area contributed by atoms with E-state index in [2.05, 4.69) is 5.10 Å². The molecule has 4 heteroatoms. The molecule has 0 aliphatic carbocycles. The van der Waals surface area contributed by atoms with Crippen LogP contribution in [0, 0.1) is 13.8 Å². The molecule has 0 atom stereocenters. The van der Waals surface area contributed by atoms with Gasteiger partial charge in [-0.1, -0.05) is 0 Å². The molecule has 2 aromatic rings. The van der Waals surface area contributed by atoms with E-state index in [0.29, 0.717) is 0 Å². The number of methoxy groups -OCH3 is 1. The van der Waals surface area contributed by atoms with Crippen molar-refractivity contribution in [2.45, 2.75) is 13.8 Å². The van der Waals surface area contributed by atoms with E-state index in [-0.39, 0.29) is 5.56 Å². The van der Waals surface area contributed by atoms with Crippen molar-refractivity contribution in [3.05, 3.63) is 45.9 Å². The highest BCUT2D eigenvalue weighted by Crippen LogP contribution is 2.15. The zero-order valence-corrected chi connectivity index (χ0v) is 9.57. The van der Waals surface area contributed by atoms with Gasteiger partial charge in [-0.15, -0.1) is 0 Å². The molecule has 0 radical (unpaired) electrons. The van der Waals surface area contributed by atoms with Gasteiger partial charge in [0.25, 0.3) is 5.56 Å². The van der Waals surface area contributed by atoms with Crippen molar-refractivity contribution >= 4 is 0 Å². The molecular weight excluding hydrogens is 204 g/mol. The number of aromatic nitrogens is 2. The summed E-state index contributed by atoms with van der Waals surface area (Å²) in [4.78, 5) is 11.5. The predicted octanol–water partition coefficient (Wildman–Crippen LogP) is 1.79. The van der Waals surface area contributed by atoms with Crippen molar-refractivity contribution in [3.63, 3.8) is 0 Å². The molecule has 4 nitrogen and oxygen atoms in total. The fraction of sp³-hybridized carbons (Fsp3) is 0.250. The minimum absolute atomic E-state index is 0.0479. The minimum Gasteiger partial charge on any atom is -0.497 e. The van der Waals surface area contributed by atoms with Crippen molar-refractivity contribution in [3.8, 4) is 11.4 Å². The molecule has 0 fully saturated rings. The van der Waals surface area contributed by atoms with Gasteiger partial charge in [0.05, 0.1) is 12.8 Å². The lowest BCUT2D eigenvalue weighted by Crippen LogP contribution is -2.05. The number of ether oxygens (including phenoxy) is 1. The van der Waals surface area contributed by atoms with Crippen LogP contribution in [0.3, 0.4) is 0 Å². The van der Waals surface area contributed by atoms with Crippen LogP contribution in [0.1, 0.15) is 11.3 Å². The molecule has 0 amide bonds. The highest BCUT2D eigenvalue weighted by molar-refractivity contribution is 5.38. The van der Waals surface area contributed by atoms with Crippen LogP contribution >= 0.6 is 0 Å². The maximum atomic E-state index is 11.5. The number of H-pyrrole nitrogens is 1. The normalized spacial score (nSPS) is 10.4. The monoisotopic (exact) mass is 218 g/mol. The molecule has 1 N–H and O–H groups in total. The van der Waals surface area contributed by atoms with E-state index in [1.807, 2.05) is 38.1 Å². The molecular formula is C12H14N2O2. The molecule has 0 aliphatic heterocycles. The second-order valence-electron chi connectivity index (χ2n) is 3.68. The van der Waals surface area contributed by atoms with E-state index in [1.165, 1.54) is 0 Å². The average Bonchev–Trinajstić information content (AvgIpc) is 2.57. The summed E-state index contributed by atoms with van der Waals surface area (Å²) < 4.78 is 6.86. The Kier molecular flexibility index (Phi) is 2.56. The molecule has 0 saturated carbocycles. The molecule has 0 bridgehead atoms. The molecule has 0 aliphatic rings. The molecule has 1 aromatic heterocycles. The van der Waals surface area contributed by atoms with E-state index >= 15 is 0 Å². The van der Waals surface area contributed by atoms with E-state index in [1.54, 1.807) is 11.8 Å². The topological polar surface area (TPSA) is 47.0 Å². The third kappa shape index (κ3) is 1.62. The highest BCUT2D eigenvalue weighted by Gasteiger charge is 2.07. The Bertz CT molecular complexity index is 549. The molecule has 84 valence electrons. The molecule has 2 rings (SSSR count). The Morgan fingerprint density at radius 3 is 2.25 bits per heavy atom. The van der Waals surface area contributed by atoms with Crippen LogP contribution < -0.4 is 10.3 Å². The maximum Gasteiger partial charge on any atom is 0.267 e. The smallest absolute Gasteiger partial charge is 0.267 e. The quantitative estimate of drug-likeness (QED) is 0.835. The van der Waals surface area contributed by atoms with E-state index < -0.39 is 0 Å². The maximum absolute atomic E-state index is 11.5.